The molecule has 2 atom stereocenters. The molecule has 0 aromatic carbocycles. The molecule has 2 fully saturated rings. The Labute approximate surface area is 107 Å². The van der Waals surface area contributed by atoms with Gasteiger partial charge >= 0.3 is 0 Å². The molecule has 3 rings (SSSR count). The molecule has 18 heavy (non-hydrogen) atoms. The molecule has 2 saturated heterocycles. The van der Waals surface area contributed by atoms with E-state index in [1.807, 2.05) is 25.7 Å². The Hall–Kier alpha value is -1.29. The molecule has 3 heterocycles. The average molecular weight is 248 g/mol. The molecule has 0 saturated carbocycles. The first kappa shape index (κ1) is 11.8. The van der Waals surface area contributed by atoms with Crippen molar-refractivity contribution in [3.63, 3.8) is 0 Å². The summed E-state index contributed by atoms with van der Waals surface area (Å²) < 4.78 is 5.57. The second kappa shape index (κ2) is 4.12. The van der Waals surface area contributed by atoms with E-state index >= 15 is 0 Å². The Morgan fingerprint density at radius 1 is 1.28 bits per heavy atom. The van der Waals surface area contributed by atoms with Crippen LogP contribution in [0.3, 0.4) is 0 Å². The smallest absolute Gasteiger partial charge is 0.257 e. The first-order chi connectivity index (χ1) is 8.59. The van der Waals surface area contributed by atoms with Gasteiger partial charge in [0, 0.05) is 31.2 Å². The maximum Gasteiger partial charge on any atom is 0.257 e. The number of rotatable bonds is 1. The largest absolute Gasteiger partial charge is 0.466 e. The number of hydrogen-bond donors (Lipinski definition) is 1. The van der Waals surface area contributed by atoms with Gasteiger partial charge in [-0.05, 0) is 33.1 Å². The summed E-state index contributed by atoms with van der Waals surface area (Å²) in [5.74, 6) is 2.40. The van der Waals surface area contributed by atoms with Gasteiger partial charge in [0.25, 0.3) is 5.91 Å². The molecule has 0 bridgehead atoms. The number of aryl methyl sites for hydroxylation is 2. The summed E-state index contributed by atoms with van der Waals surface area (Å²) >= 11 is 0. The lowest BCUT2D eigenvalue weighted by Gasteiger charge is -2.23. The van der Waals surface area contributed by atoms with Gasteiger partial charge in [0.2, 0.25) is 0 Å². The van der Waals surface area contributed by atoms with Gasteiger partial charge in [-0.25, -0.2) is 0 Å². The van der Waals surface area contributed by atoms with Gasteiger partial charge in [0.15, 0.2) is 0 Å². The van der Waals surface area contributed by atoms with Gasteiger partial charge < -0.3 is 14.6 Å². The minimum absolute atomic E-state index is 0.151. The van der Waals surface area contributed by atoms with E-state index in [0.29, 0.717) is 12.0 Å². The van der Waals surface area contributed by atoms with Crippen molar-refractivity contribution in [3.05, 3.63) is 22.6 Å². The van der Waals surface area contributed by atoms with Crippen LogP contribution >= 0.6 is 0 Å². The molecule has 0 aliphatic carbocycles. The van der Waals surface area contributed by atoms with Gasteiger partial charge in [-0.15, -0.1) is 0 Å². The van der Waals surface area contributed by atoms with E-state index in [1.54, 1.807) is 0 Å². The molecule has 2 aliphatic rings. The quantitative estimate of drug-likeness (QED) is 0.821. The monoisotopic (exact) mass is 248 g/mol. The predicted molar refractivity (Wildman–Crippen MR) is 68.7 cm³/mol. The maximum absolute atomic E-state index is 12.7. The first-order valence-electron chi connectivity index (χ1n) is 6.68. The molecule has 1 aromatic heterocycles. The number of nitrogens with zero attached hydrogens (tertiary/aromatic N) is 1. The Morgan fingerprint density at radius 2 is 2.06 bits per heavy atom. The van der Waals surface area contributed by atoms with Crippen molar-refractivity contribution < 1.29 is 9.21 Å². The zero-order chi connectivity index (χ0) is 12.9. The van der Waals surface area contributed by atoms with Crippen LogP contribution in [-0.4, -0.2) is 36.5 Å². The van der Waals surface area contributed by atoms with Crippen LogP contribution in [0, 0.1) is 26.7 Å². The summed E-state index contributed by atoms with van der Waals surface area (Å²) in [6.07, 6.45) is 1.12. The zero-order valence-corrected chi connectivity index (χ0v) is 11.2. The highest BCUT2D eigenvalue weighted by molar-refractivity contribution is 5.97. The summed E-state index contributed by atoms with van der Waals surface area (Å²) in [5, 5.41) is 3.38. The molecule has 0 unspecified atom stereocenters. The van der Waals surface area contributed by atoms with Crippen molar-refractivity contribution in [2.24, 2.45) is 5.92 Å². The van der Waals surface area contributed by atoms with E-state index < -0.39 is 0 Å². The summed E-state index contributed by atoms with van der Waals surface area (Å²) in [7, 11) is 0. The fraction of sp³-hybridized carbons (Fsp3) is 0.643. The number of amides is 1. The van der Waals surface area contributed by atoms with Gasteiger partial charge in [0.05, 0.1) is 5.56 Å². The highest BCUT2D eigenvalue weighted by atomic mass is 16.3. The van der Waals surface area contributed by atoms with Crippen LogP contribution in [0.15, 0.2) is 4.42 Å². The topological polar surface area (TPSA) is 45.5 Å². The third kappa shape index (κ3) is 1.59. The van der Waals surface area contributed by atoms with Crippen LogP contribution in [-0.2, 0) is 0 Å². The zero-order valence-electron chi connectivity index (χ0n) is 11.2. The van der Waals surface area contributed by atoms with Crippen molar-refractivity contribution in [1.29, 1.82) is 0 Å². The van der Waals surface area contributed by atoms with Gasteiger partial charge in [0.1, 0.15) is 11.5 Å². The number of carbonyl (C=O) groups excluding carboxylic acids is 1. The minimum Gasteiger partial charge on any atom is -0.466 e. The van der Waals surface area contributed by atoms with E-state index in [1.165, 1.54) is 0 Å². The van der Waals surface area contributed by atoms with Crippen molar-refractivity contribution in [2.45, 2.75) is 33.2 Å². The fourth-order valence-corrected chi connectivity index (χ4v) is 3.35. The highest BCUT2D eigenvalue weighted by Crippen LogP contribution is 2.31. The van der Waals surface area contributed by atoms with E-state index in [-0.39, 0.29) is 5.91 Å². The van der Waals surface area contributed by atoms with Gasteiger partial charge in [-0.2, -0.15) is 0 Å². The molecular weight excluding hydrogens is 228 g/mol. The SMILES string of the molecule is Cc1oc(C)c(C(=O)N2CC[C@H]3CNC[C@H]32)c1C. The van der Waals surface area contributed by atoms with Gasteiger partial charge in [-0.1, -0.05) is 0 Å². The Morgan fingerprint density at radius 3 is 2.72 bits per heavy atom. The van der Waals surface area contributed by atoms with Crippen molar-refractivity contribution in [3.8, 4) is 0 Å². The highest BCUT2D eigenvalue weighted by Gasteiger charge is 2.41. The summed E-state index contributed by atoms with van der Waals surface area (Å²) in [6, 6.07) is 0.381. The van der Waals surface area contributed by atoms with E-state index in [4.69, 9.17) is 4.42 Å². The molecular formula is C14H20N2O2. The Balaban J connectivity index is 1.91. The number of furan rings is 1. The standard InChI is InChI=1S/C14H20N2O2/c1-8-9(2)18-10(3)13(8)14(17)16-5-4-11-6-15-7-12(11)16/h11-12,15H,4-7H2,1-3H3/t11-,12+/m0/s1. The summed E-state index contributed by atoms with van der Waals surface area (Å²) in [4.78, 5) is 14.7. The normalized spacial score (nSPS) is 26.7. The van der Waals surface area contributed by atoms with E-state index in [0.717, 1.165) is 48.7 Å². The Bertz CT molecular complexity index is 492. The van der Waals surface area contributed by atoms with E-state index in [2.05, 4.69) is 5.32 Å². The molecule has 1 amide bonds. The minimum atomic E-state index is 0.151. The third-order valence-electron chi connectivity index (χ3n) is 4.48. The van der Waals surface area contributed by atoms with Gasteiger partial charge in [-0.3, -0.25) is 4.79 Å². The van der Waals surface area contributed by atoms with Crippen LogP contribution < -0.4 is 5.32 Å². The average Bonchev–Trinajstić information content (AvgIpc) is 2.94. The van der Waals surface area contributed by atoms with Crippen LogP contribution in [0.5, 0.6) is 0 Å². The number of nitrogens with one attached hydrogen (secondary N) is 1. The number of likely N-dealkylation sites (tertiary alicyclic amines) is 1. The first-order valence-corrected chi connectivity index (χ1v) is 6.68. The van der Waals surface area contributed by atoms with Crippen LogP contribution in [0.1, 0.15) is 33.9 Å². The van der Waals surface area contributed by atoms with Crippen molar-refractivity contribution in [1.82, 2.24) is 10.2 Å². The summed E-state index contributed by atoms with van der Waals surface area (Å²) in [6.45, 7) is 8.65. The number of carbonyl (C=O) groups is 1. The molecule has 4 heteroatoms. The second-order valence-corrected chi connectivity index (χ2v) is 5.49. The third-order valence-corrected chi connectivity index (χ3v) is 4.48. The van der Waals surface area contributed by atoms with Crippen molar-refractivity contribution in [2.75, 3.05) is 19.6 Å². The maximum atomic E-state index is 12.7. The molecule has 2 aliphatic heterocycles. The molecule has 0 spiro atoms. The van der Waals surface area contributed by atoms with Crippen LogP contribution in [0.25, 0.3) is 0 Å². The predicted octanol–water partition coefficient (Wildman–Crippen LogP) is 1.64. The Kier molecular flexibility index (Phi) is 2.70. The molecule has 98 valence electrons. The molecule has 0 radical (unpaired) electrons. The molecule has 1 N–H and O–H groups in total. The molecule has 1 aromatic rings. The second-order valence-electron chi connectivity index (χ2n) is 5.49. The van der Waals surface area contributed by atoms with E-state index in [9.17, 15) is 4.79 Å². The number of fused-ring (bicyclic) bond motifs is 1. The lowest BCUT2D eigenvalue weighted by Crippen LogP contribution is -2.39. The fourth-order valence-electron chi connectivity index (χ4n) is 3.35. The lowest BCUT2D eigenvalue weighted by atomic mass is 10.0. The number of hydrogen-bond acceptors (Lipinski definition) is 3. The van der Waals surface area contributed by atoms with Crippen LogP contribution in [0.2, 0.25) is 0 Å². The van der Waals surface area contributed by atoms with Crippen LogP contribution in [0.4, 0.5) is 0 Å². The van der Waals surface area contributed by atoms with Crippen molar-refractivity contribution >= 4 is 5.91 Å². The molecule has 4 nitrogen and oxygen atoms in total. The summed E-state index contributed by atoms with van der Waals surface area (Å²) in [5.41, 5.74) is 1.77. The lowest BCUT2D eigenvalue weighted by molar-refractivity contribution is 0.0734.